The zero-order valence-electron chi connectivity index (χ0n) is 7.64. The van der Waals surface area contributed by atoms with Gasteiger partial charge in [0.25, 0.3) is 0 Å². The molecule has 2 aromatic rings. The van der Waals surface area contributed by atoms with Crippen molar-refractivity contribution in [2.24, 2.45) is 0 Å². The second-order valence-electron chi connectivity index (χ2n) is 2.75. The van der Waals surface area contributed by atoms with Crippen molar-refractivity contribution in [3.05, 3.63) is 23.8 Å². The Morgan fingerprint density at radius 2 is 2.27 bits per heavy atom. The standard InChI is InChI=1S/C10H6N2OSe2/c1-2-5-14-10(13)7-3-4-8-9(6-7)12-15-11-8/h1,3-4,6H,5H2. The molecule has 0 aliphatic rings. The van der Waals surface area contributed by atoms with Crippen molar-refractivity contribution in [1.29, 1.82) is 0 Å². The molecule has 1 heterocycles. The van der Waals surface area contributed by atoms with Gasteiger partial charge in [0.15, 0.2) is 0 Å². The Labute approximate surface area is 99.7 Å². The van der Waals surface area contributed by atoms with Gasteiger partial charge in [0.1, 0.15) is 0 Å². The van der Waals surface area contributed by atoms with Crippen LogP contribution in [0.3, 0.4) is 0 Å². The summed E-state index contributed by atoms with van der Waals surface area (Å²) in [5.74, 6) is 2.49. The summed E-state index contributed by atoms with van der Waals surface area (Å²) in [6.07, 6.45) is 5.13. The Morgan fingerprint density at radius 3 is 3.07 bits per heavy atom. The third-order valence-electron chi connectivity index (χ3n) is 1.78. The van der Waals surface area contributed by atoms with Gasteiger partial charge in [0, 0.05) is 0 Å². The number of terminal acetylenes is 1. The van der Waals surface area contributed by atoms with Crippen LogP contribution in [0.1, 0.15) is 10.4 Å². The van der Waals surface area contributed by atoms with Gasteiger partial charge in [0.05, 0.1) is 0 Å². The quantitative estimate of drug-likeness (QED) is 0.612. The topological polar surface area (TPSA) is 42.9 Å². The zero-order valence-corrected chi connectivity index (χ0v) is 11.1. The first-order valence-electron chi connectivity index (χ1n) is 4.14. The van der Waals surface area contributed by atoms with Gasteiger partial charge < -0.3 is 0 Å². The van der Waals surface area contributed by atoms with Gasteiger partial charge in [0.2, 0.25) is 0 Å². The van der Waals surface area contributed by atoms with Crippen molar-refractivity contribution in [2.45, 2.75) is 5.32 Å². The molecule has 0 amide bonds. The predicted molar refractivity (Wildman–Crippen MR) is 60.2 cm³/mol. The fraction of sp³-hybridized carbons (Fsp3) is 0.100. The molecule has 3 nitrogen and oxygen atoms in total. The number of fused-ring (bicyclic) bond motifs is 1. The molecule has 0 fully saturated rings. The number of rotatable bonds is 3. The van der Waals surface area contributed by atoms with Crippen LogP contribution >= 0.6 is 0 Å². The van der Waals surface area contributed by atoms with E-state index in [0.717, 1.165) is 11.0 Å². The van der Waals surface area contributed by atoms with Gasteiger partial charge >= 0.3 is 99.8 Å². The third kappa shape index (κ3) is 2.36. The van der Waals surface area contributed by atoms with E-state index in [9.17, 15) is 4.79 Å². The van der Waals surface area contributed by atoms with Gasteiger partial charge in [-0.1, -0.05) is 0 Å². The Kier molecular flexibility index (Phi) is 3.35. The van der Waals surface area contributed by atoms with E-state index < -0.39 is 0 Å². The third-order valence-corrected chi connectivity index (χ3v) is 4.64. The normalized spacial score (nSPS) is 10.1. The number of carbonyl (C=O) groups is 1. The number of hydrogen-bond acceptors (Lipinski definition) is 3. The van der Waals surface area contributed by atoms with Gasteiger partial charge in [-0.3, -0.25) is 0 Å². The fourth-order valence-electron chi connectivity index (χ4n) is 1.10. The molecule has 1 aromatic heterocycles. The first kappa shape index (κ1) is 10.6. The number of aromatic nitrogens is 2. The van der Waals surface area contributed by atoms with Crippen LogP contribution in [0.2, 0.25) is 5.32 Å². The van der Waals surface area contributed by atoms with Crippen LogP contribution in [-0.2, 0) is 0 Å². The molecule has 0 radical (unpaired) electrons. The molecule has 2 rings (SSSR count). The molecule has 0 saturated heterocycles. The summed E-state index contributed by atoms with van der Waals surface area (Å²) in [6.45, 7) is 0. The monoisotopic (exact) mass is 330 g/mol. The van der Waals surface area contributed by atoms with Crippen molar-refractivity contribution in [2.75, 3.05) is 0 Å². The van der Waals surface area contributed by atoms with E-state index in [1.54, 1.807) is 6.07 Å². The van der Waals surface area contributed by atoms with E-state index >= 15 is 0 Å². The molecule has 5 heteroatoms. The minimum absolute atomic E-state index is 0.0338. The average Bonchev–Trinajstić information content (AvgIpc) is 2.72. The molecule has 0 unspecified atom stereocenters. The molecule has 0 N–H and O–H groups in total. The number of hydrogen-bond donors (Lipinski definition) is 0. The van der Waals surface area contributed by atoms with Crippen LogP contribution in [0.5, 0.6) is 0 Å². The summed E-state index contributed by atoms with van der Waals surface area (Å²) < 4.78 is 8.59. The Balaban J connectivity index is 2.28. The van der Waals surface area contributed by atoms with Crippen molar-refractivity contribution in [3.63, 3.8) is 0 Å². The van der Waals surface area contributed by atoms with Crippen molar-refractivity contribution >= 4 is 45.6 Å². The van der Waals surface area contributed by atoms with E-state index in [-0.39, 0.29) is 34.6 Å². The van der Waals surface area contributed by atoms with Crippen molar-refractivity contribution in [3.8, 4) is 12.3 Å². The summed E-state index contributed by atoms with van der Waals surface area (Å²) in [5, 5.41) is 0.550. The van der Waals surface area contributed by atoms with E-state index in [0.29, 0.717) is 10.9 Å². The average molecular weight is 328 g/mol. The molecule has 0 aliphatic carbocycles. The van der Waals surface area contributed by atoms with Crippen LogP contribution in [0.15, 0.2) is 18.2 Å². The van der Waals surface area contributed by atoms with E-state index in [1.165, 1.54) is 0 Å². The van der Waals surface area contributed by atoms with E-state index in [2.05, 4.69) is 13.9 Å². The molecule has 0 spiro atoms. The summed E-state index contributed by atoms with van der Waals surface area (Å²) in [4.78, 5) is 11.7. The van der Waals surface area contributed by atoms with Gasteiger partial charge in [-0.05, 0) is 0 Å². The summed E-state index contributed by atoms with van der Waals surface area (Å²) >= 11 is -0.183. The second kappa shape index (κ2) is 4.74. The van der Waals surface area contributed by atoms with Crippen LogP contribution in [-0.4, -0.2) is 42.6 Å². The second-order valence-corrected chi connectivity index (χ2v) is 5.85. The molecule has 0 aliphatic heterocycles. The Morgan fingerprint density at radius 1 is 1.47 bits per heavy atom. The number of nitrogens with zero attached hydrogens (tertiary/aromatic N) is 2. The van der Waals surface area contributed by atoms with Crippen LogP contribution in [0, 0.1) is 12.3 Å². The Hall–Kier alpha value is -0.911. The molecule has 74 valence electrons. The summed E-state index contributed by atoms with van der Waals surface area (Å²) in [6, 6.07) is 5.47. The van der Waals surface area contributed by atoms with Gasteiger partial charge in [-0.25, -0.2) is 0 Å². The molecule has 0 bridgehead atoms. The van der Waals surface area contributed by atoms with Crippen molar-refractivity contribution < 1.29 is 4.79 Å². The van der Waals surface area contributed by atoms with E-state index in [4.69, 9.17) is 6.42 Å². The SMILES string of the molecule is C#CC[Se]C(=O)c1ccc2n[se]nc2c1. The summed E-state index contributed by atoms with van der Waals surface area (Å²) in [5.41, 5.74) is 2.45. The maximum atomic E-state index is 11.7. The van der Waals surface area contributed by atoms with Crippen LogP contribution in [0.25, 0.3) is 11.0 Å². The van der Waals surface area contributed by atoms with Crippen LogP contribution in [0.4, 0.5) is 0 Å². The maximum absolute atomic E-state index is 11.7. The first-order valence-corrected chi connectivity index (χ1v) is 7.74. The molecule has 1 aromatic carbocycles. The first-order chi connectivity index (χ1) is 7.31. The molecule has 0 atom stereocenters. The van der Waals surface area contributed by atoms with Crippen LogP contribution < -0.4 is 0 Å². The molecule has 0 saturated carbocycles. The van der Waals surface area contributed by atoms with Crippen molar-refractivity contribution in [1.82, 2.24) is 7.96 Å². The molecular weight excluding hydrogens is 322 g/mol. The fourth-order valence-corrected chi connectivity index (χ4v) is 3.25. The minimum atomic E-state index is -0.149. The zero-order chi connectivity index (χ0) is 10.7. The van der Waals surface area contributed by atoms with Gasteiger partial charge in [-0.15, -0.1) is 0 Å². The predicted octanol–water partition coefficient (Wildman–Crippen LogP) is 0.583. The summed E-state index contributed by atoms with van der Waals surface area (Å²) in [7, 11) is 0. The van der Waals surface area contributed by atoms with E-state index in [1.807, 2.05) is 12.1 Å². The molecular formula is C10H6N2OSe2. The number of benzene rings is 1. The Bertz CT molecular complexity index is 542. The molecule has 15 heavy (non-hydrogen) atoms. The van der Waals surface area contributed by atoms with Gasteiger partial charge in [-0.2, -0.15) is 0 Å². The number of carbonyl (C=O) groups excluding carboxylic acids is 1.